The van der Waals surface area contributed by atoms with Gasteiger partial charge in [0.05, 0.1) is 24.3 Å². The number of fused-ring (bicyclic) bond motifs is 1. The van der Waals surface area contributed by atoms with Crippen LogP contribution >= 0.6 is 0 Å². The quantitative estimate of drug-likeness (QED) is 0.516. The maximum Gasteiger partial charge on any atom is 0.407 e. The van der Waals surface area contributed by atoms with Gasteiger partial charge in [-0.2, -0.15) is 0 Å². The maximum absolute atomic E-state index is 15.4. The van der Waals surface area contributed by atoms with Crippen LogP contribution in [0.15, 0.2) is 18.2 Å². The average molecular weight is 436 g/mol. The number of alkyl carbamates (subject to hydrolysis) is 1. The van der Waals surface area contributed by atoms with Crippen molar-refractivity contribution < 1.29 is 33.0 Å². The number of hydrogen-bond donors (Lipinski definition) is 1. The molecule has 1 N–H and O–H groups in total. The van der Waals surface area contributed by atoms with E-state index in [1.54, 1.807) is 41.5 Å². The lowest BCUT2D eigenvalue weighted by molar-refractivity contribution is 0.0504. The summed E-state index contributed by atoms with van der Waals surface area (Å²) < 4.78 is 32.0. The third kappa shape index (κ3) is 5.74. The van der Waals surface area contributed by atoms with E-state index < -0.39 is 35.5 Å². The van der Waals surface area contributed by atoms with E-state index in [9.17, 15) is 14.4 Å². The molecule has 1 aromatic heterocycles. The highest BCUT2D eigenvalue weighted by molar-refractivity contribution is 5.99. The maximum atomic E-state index is 15.4. The van der Waals surface area contributed by atoms with Crippen molar-refractivity contribution in [1.29, 1.82) is 0 Å². The van der Waals surface area contributed by atoms with Gasteiger partial charge in [-0.1, -0.05) is 6.07 Å². The number of esters is 2. The molecular weight excluding hydrogens is 407 g/mol. The number of rotatable bonds is 7. The summed E-state index contributed by atoms with van der Waals surface area (Å²) in [5, 5.41) is 3.03. The van der Waals surface area contributed by atoms with Crippen molar-refractivity contribution >= 4 is 28.9 Å². The molecular formula is C22H29FN2O6. The summed E-state index contributed by atoms with van der Waals surface area (Å²) >= 11 is 0. The zero-order valence-electron chi connectivity index (χ0n) is 18.7. The van der Waals surface area contributed by atoms with Crippen LogP contribution in [0.2, 0.25) is 0 Å². The lowest BCUT2D eigenvalue weighted by Gasteiger charge is -2.22. The van der Waals surface area contributed by atoms with E-state index in [0.717, 1.165) is 0 Å². The summed E-state index contributed by atoms with van der Waals surface area (Å²) in [5.41, 5.74) is -0.761. The molecule has 1 heterocycles. The van der Waals surface area contributed by atoms with Crippen LogP contribution in [0.3, 0.4) is 0 Å². The minimum Gasteiger partial charge on any atom is -0.462 e. The van der Waals surface area contributed by atoms with Crippen molar-refractivity contribution in [3.63, 3.8) is 0 Å². The van der Waals surface area contributed by atoms with Gasteiger partial charge in [0.1, 0.15) is 11.3 Å². The predicted molar refractivity (Wildman–Crippen MR) is 113 cm³/mol. The zero-order chi connectivity index (χ0) is 23.3. The SMILES string of the molecule is CCOC(=O)c1ccc2cc(C(=O)OCC)n(C(C)CNC(=O)OC(C)(C)C)c2c1F. The van der Waals surface area contributed by atoms with Gasteiger partial charge in [-0.15, -0.1) is 0 Å². The number of nitrogens with one attached hydrogen (secondary N) is 1. The first-order valence-corrected chi connectivity index (χ1v) is 10.1. The van der Waals surface area contributed by atoms with Crippen molar-refractivity contribution in [2.24, 2.45) is 0 Å². The fraction of sp³-hybridized carbons (Fsp3) is 0.500. The Morgan fingerprint density at radius 1 is 1.10 bits per heavy atom. The van der Waals surface area contributed by atoms with Crippen molar-refractivity contribution in [3.05, 3.63) is 35.3 Å². The van der Waals surface area contributed by atoms with Crippen LogP contribution in [0.25, 0.3) is 10.9 Å². The fourth-order valence-electron chi connectivity index (χ4n) is 3.10. The van der Waals surface area contributed by atoms with Gasteiger partial charge in [-0.3, -0.25) is 0 Å². The van der Waals surface area contributed by atoms with Crippen LogP contribution in [-0.2, 0) is 14.2 Å². The number of amides is 1. The van der Waals surface area contributed by atoms with Gasteiger partial charge in [0.2, 0.25) is 0 Å². The number of carbonyl (C=O) groups excluding carboxylic acids is 3. The fourth-order valence-corrected chi connectivity index (χ4v) is 3.10. The van der Waals surface area contributed by atoms with Crippen LogP contribution < -0.4 is 5.32 Å². The first-order chi connectivity index (χ1) is 14.5. The summed E-state index contributed by atoms with van der Waals surface area (Å²) in [6.07, 6.45) is -0.638. The third-order valence-corrected chi connectivity index (χ3v) is 4.30. The van der Waals surface area contributed by atoms with Crippen LogP contribution in [0.1, 0.15) is 68.4 Å². The standard InChI is InChI=1S/C22H29FN2O6/c1-7-29-19(26)15-10-9-14-11-16(20(27)30-8-2)25(18(14)17(15)23)13(3)12-24-21(28)31-22(4,5)6/h9-11,13H,7-8,12H2,1-6H3,(H,24,28). The molecule has 0 bridgehead atoms. The summed E-state index contributed by atoms with van der Waals surface area (Å²) in [6, 6.07) is 3.79. The molecule has 9 heteroatoms. The molecule has 1 unspecified atom stereocenters. The van der Waals surface area contributed by atoms with Crippen molar-refractivity contribution in [2.75, 3.05) is 19.8 Å². The predicted octanol–water partition coefficient (Wildman–Crippen LogP) is 4.22. The molecule has 0 radical (unpaired) electrons. The molecule has 31 heavy (non-hydrogen) atoms. The third-order valence-electron chi connectivity index (χ3n) is 4.30. The van der Waals surface area contributed by atoms with Crippen molar-refractivity contribution in [1.82, 2.24) is 9.88 Å². The van der Waals surface area contributed by atoms with E-state index >= 15 is 4.39 Å². The van der Waals surface area contributed by atoms with Crippen LogP contribution in [0.4, 0.5) is 9.18 Å². The molecule has 0 saturated carbocycles. The van der Waals surface area contributed by atoms with E-state index in [4.69, 9.17) is 14.2 Å². The molecule has 2 rings (SSSR count). The molecule has 170 valence electrons. The highest BCUT2D eigenvalue weighted by Crippen LogP contribution is 2.29. The topological polar surface area (TPSA) is 95.9 Å². The van der Waals surface area contributed by atoms with Gasteiger partial charge in [-0.25, -0.2) is 18.8 Å². The van der Waals surface area contributed by atoms with Crippen LogP contribution in [0.5, 0.6) is 0 Å². The zero-order valence-corrected chi connectivity index (χ0v) is 18.7. The molecule has 0 fully saturated rings. The Kier molecular flexibility index (Phi) is 7.65. The molecule has 8 nitrogen and oxygen atoms in total. The molecule has 0 saturated heterocycles. The molecule has 0 aliphatic carbocycles. The Morgan fingerprint density at radius 2 is 1.71 bits per heavy atom. The first-order valence-electron chi connectivity index (χ1n) is 10.1. The van der Waals surface area contributed by atoms with E-state index in [1.807, 2.05) is 0 Å². The highest BCUT2D eigenvalue weighted by atomic mass is 19.1. The molecule has 0 aliphatic heterocycles. The van der Waals surface area contributed by atoms with Gasteiger partial charge in [0.25, 0.3) is 0 Å². The Hall–Kier alpha value is -3.10. The van der Waals surface area contributed by atoms with Gasteiger partial charge < -0.3 is 24.1 Å². The molecule has 0 aliphatic rings. The summed E-state index contributed by atoms with van der Waals surface area (Å²) in [6.45, 7) is 10.5. The van der Waals surface area contributed by atoms with E-state index in [-0.39, 0.29) is 36.5 Å². The van der Waals surface area contributed by atoms with Gasteiger partial charge in [-0.05, 0) is 53.7 Å². The second kappa shape index (κ2) is 9.80. The molecule has 1 aromatic carbocycles. The lowest BCUT2D eigenvalue weighted by Crippen LogP contribution is -2.35. The Balaban J connectivity index is 2.50. The average Bonchev–Trinajstić information content (AvgIpc) is 3.06. The largest absolute Gasteiger partial charge is 0.462 e. The summed E-state index contributed by atoms with van der Waals surface area (Å²) in [7, 11) is 0. The van der Waals surface area contributed by atoms with Crippen molar-refractivity contribution in [2.45, 2.75) is 53.2 Å². The molecule has 0 spiro atoms. The van der Waals surface area contributed by atoms with Crippen LogP contribution in [0, 0.1) is 5.82 Å². The summed E-state index contributed by atoms with van der Waals surface area (Å²) in [5.74, 6) is -2.25. The number of aromatic nitrogens is 1. The van der Waals surface area contributed by atoms with Gasteiger partial charge >= 0.3 is 18.0 Å². The number of hydrogen-bond acceptors (Lipinski definition) is 6. The minimum absolute atomic E-state index is 0.0482. The number of halogens is 1. The van der Waals surface area contributed by atoms with Crippen molar-refractivity contribution in [3.8, 4) is 0 Å². The van der Waals surface area contributed by atoms with Gasteiger partial charge in [0, 0.05) is 18.0 Å². The number of benzene rings is 1. The Morgan fingerprint density at radius 3 is 2.29 bits per heavy atom. The Bertz CT molecular complexity index is 977. The highest BCUT2D eigenvalue weighted by Gasteiger charge is 2.26. The van der Waals surface area contributed by atoms with E-state index in [1.165, 1.54) is 22.8 Å². The number of nitrogens with zero attached hydrogens (tertiary/aromatic N) is 1. The molecule has 1 atom stereocenters. The minimum atomic E-state index is -0.810. The number of ether oxygens (including phenoxy) is 3. The molecule has 1 amide bonds. The van der Waals surface area contributed by atoms with E-state index in [0.29, 0.717) is 5.39 Å². The van der Waals surface area contributed by atoms with Gasteiger partial charge in [0.15, 0.2) is 5.82 Å². The Labute approximate surface area is 180 Å². The second-order valence-corrected chi connectivity index (χ2v) is 7.94. The lowest BCUT2D eigenvalue weighted by atomic mass is 10.1. The monoisotopic (exact) mass is 436 g/mol. The normalized spacial score (nSPS) is 12.4. The first kappa shape index (κ1) is 24.2. The van der Waals surface area contributed by atoms with Crippen LogP contribution in [-0.4, -0.2) is 48.0 Å². The summed E-state index contributed by atoms with van der Waals surface area (Å²) in [4.78, 5) is 36.7. The number of carbonyl (C=O) groups is 3. The smallest absolute Gasteiger partial charge is 0.407 e. The second-order valence-electron chi connectivity index (χ2n) is 7.94. The molecule has 2 aromatic rings. The van der Waals surface area contributed by atoms with E-state index in [2.05, 4.69) is 5.32 Å².